The minimum absolute atomic E-state index is 0.0157. The van der Waals surface area contributed by atoms with Crippen LogP contribution in [0.3, 0.4) is 0 Å². The molecule has 0 saturated heterocycles. The zero-order valence-corrected chi connectivity index (χ0v) is 11.3. The van der Waals surface area contributed by atoms with E-state index in [4.69, 9.17) is 22.2 Å². The summed E-state index contributed by atoms with van der Waals surface area (Å²) in [5.74, 6) is 0. The van der Waals surface area contributed by atoms with Crippen molar-refractivity contribution in [1.29, 1.82) is 0 Å². The fraction of sp³-hybridized carbons (Fsp3) is 0.231. The molecule has 0 unspecified atom stereocenters. The second kappa shape index (κ2) is 5.81. The summed E-state index contributed by atoms with van der Waals surface area (Å²) >= 11 is 5.25. The topological polar surface area (TPSA) is 56.4 Å². The fourth-order valence-corrected chi connectivity index (χ4v) is 1.96. The molecule has 1 heterocycles. The quantitative estimate of drug-likeness (QED) is 0.851. The molecule has 100 valence electrons. The lowest BCUT2D eigenvalue weighted by molar-refractivity contribution is 0.0631. The molecule has 0 aliphatic carbocycles. The lowest BCUT2D eigenvalue weighted by Crippen LogP contribution is -2.33. The van der Waals surface area contributed by atoms with E-state index >= 15 is 0 Å². The zero-order chi connectivity index (χ0) is 13.8. The largest absolute Gasteiger partial charge is 0.405 e. The number of aliphatic hydroxyl groups excluding tert-OH is 1. The van der Waals surface area contributed by atoms with Gasteiger partial charge in [0.15, 0.2) is 0 Å². The summed E-state index contributed by atoms with van der Waals surface area (Å²) in [5, 5.41) is 8.78. The average Bonchev–Trinajstić information content (AvgIpc) is 2.44. The number of aryl methyl sites for hydroxylation is 1. The first kappa shape index (κ1) is 13.5. The van der Waals surface area contributed by atoms with Crippen LogP contribution in [0.4, 0.5) is 0 Å². The van der Waals surface area contributed by atoms with Crippen molar-refractivity contribution in [1.82, 2.24) is 9.30 Å². The molecule has 1 aromatic carbocycles. The third-order valence-corrected chi connectivity index (χ3v) is 2.93. The molecule has 2 rings (SSSR count). The first-order valence-corrected chi connectivity index (χ1v) is 6.21. The molecule has 1 aromatic heterocycles. The first-order valence-electron chi connectivity index (χ1n) is 5.80. The van der Waals surface area contributed by atoms with Crippen molar-refractivity contribution in [3.05, 3.63) is 57.2 Å². The van der Waals surface area contributed by atoms with Gasteiger partial charge >= 0.3 is 0 Å². The van der Waals surface area contributed by atoms with Gasteiger partial charge in [0.1, 0.15) is 6.61 Å². The predicted octanol–water partition coefficient (Wildman–Crippen LogP) is 1.10. The molecule has 0 saturated carbocycles. The third kappa shape index (κ3) is 2.74. The molecule has 0 radical (unpaired) electrons. The van der Waals surface area contributed by atoms with Crippen LogP contribution in [-0.4, -0.2) is 27.6 Å². The molecular formula is C13H14N2O3S. The summed E-state index contributed by atoms with van der Waals surface area (Å²) in [5.41, 5.74) is 1.04. The van der Waals surface area contributed by atoms with E-state index in [9.17, 15) is 4.79 Å². The highest BCUT2D eigenvalue weighted by Crippen LogP contribution is 2.07. The molecule has 0 amide bonds. The predicted molar refractivity (Wildman–Crippen MR) is 74.1 cm³/mol. The number of para-hydroxylation sites is 1. The summed E-state index contributed by atoms with van der Waals surface area (Å²) in [4.78, 5) is 17.1. The van der Waals surface area contributed by atoms with Crippen molar-refractivity contribution in [2.45, 2.75) is 6.92 Å². The molecule has 0 aliphatic heterocycles. The summed E-state index contributed by atoms with van der Waals surface area (Å²) < 4.78 is 2.97. The van der Waals surface area contributed by atoms with Crippen LogP contribution in [0.2, 0.25) is 0 Å². The monoisotopic (exact) mass is 278 g/mol. The Morgan fingerprint density at radius 2 is 2.00 bits per heavy atom. The van der Waals surface area contributed by atoms with E-state index in [0.29, 0.717) is 5.56 Å². The van der Waals surface area contributed by atoms with E-state index < -0.39 is 0 Å². The van der Waals surface area contributed by atoms with E-state index in [1.54, 1.807) is 17.7 Å². The molecule has 0 aliphatic rings. The van der Waals surface area contributed by atoms with Crippen molar-refractivity contribution in [2.75, 3.05) is 13.2 Å². The Morgan fingerprint density at radius 3 is 2.63 bits per heavy atom. The number of aromatic nitrogens is 2. The zero-order valence-electron chi connectivity index (χ0n) is 10.4. The van der Waals surface area contributed by atoms with E-state index in [-0.39, 0.29) is 23.5 Å². The SMILES string of the molecule is Cc1cn(-c2ccccc2)c(=S)n(OCCO)c1=O. The molecule has 1 N–H and O–H groups in total. The highest BCUT2D eigenvalue weighted by molar-refractivity contribution is 7.71. The van der Waals surface area contributed by atoms with Gasteiger partial charge in [-0.25, -0.2) is 0 Å². The lowest BCUT2D eigenvalue weighted by atomic mass is 10.3. The molecule has 0 fully saturated rings. The molecule has 0 bridgehead atoms. The minimum Gasteiger partial charge on any atom is -0.405 e. The van der Waals surface area contributed by atoms with Crippen LogP contribution in [-0.2, 0) is 0 Å². The van der Waals surface area contributed by atoms with Crippen LogP contribution in [0.25, 0.3) is 5.69 Å². The van der Waals surface area contributed by atoms with Crippen molar-refractivity contribution in [2.24, 2.45) is 0 Å². The Kier molecular flexibility index (Phi) is 4.13. The van der Waals surface area contributed by atoms with Crippen LogP contribution >= 0.6 is 12.2 Å². The van der Waals surface area contributed by atoms with Crippen LogP contribution in [0, 0.1) is 11.7 Å². The molecule has 0 atom stereocenters. The lowest BCUT2D eigenvalue weighted by Gasteiger charge is -2.13. The van der Waals surface area contributed by atoms with Crippen molar-refractivity contribution in [3.63, 3.8) is 0 Å². The van der Waals surface area contributed by atoms with E-state index in [1.165, 1.54) is 0 Å². The number of aliphatic hydroxyl groups is 1. The highest BCUT2D eigenvalue weighted by Gasteiger charge is 2.08. The second-order valence-electron chi connectivity index (χ2n) is 3.96. The Labute approximate surface area is 115 Å². The number of benzene rings is 1. The van der Waals surface area contributed by atoms with Gasteiger partial charge in [0.05, 0.1) is 6.61 Å². The Morgan fingerprint density at radius 1 is 1.32 bits per heavy atom. The maximum atomic E-state index is 12.0. The van der Waals surface area contributed by atoms with Crippen LogP contribution in [0.1, 0.15) is 5.56 Å². The van der Waals surface area contributed by atoms with E-state index in [2.05, 4.69) is 0 Å². The summed E-state index contributed by atoms with van der Waals surface area (Å²) in [6.07, 6.45) is 1.68. The fourth-order valence-electron chi connectivity index (χ4n) is 1.67. The maximum absolute atomic E-state index is 12.0. The van der Waals surface area contributed by atoms with Crippen molar-refractivity contribution >= 4 is 12.2 Å². The van der Waals surface area contributed by atoms with Crippen molar-refractivity contribution in [3.8, 4) is 5.69 Å². The van der Waals surface area contributed by atoms with Gasteiger partial charge in [-0.05, 0) is 31.3 Å². The summed E-state index contributed by atoms with van der Waals surface area (Å²) in [6.45, 7) is 1.53. The summed E-state index contributed by atoms with van der Waals surface area (Å²) in [7, 11) is 0. The molecule has 5 nitrogen and oxygen atoms in total. The smallest absolute Gasteiger partial charge is 0.290 e. The van der Waals surface area contributed by atoms with Crippen LogP contribution < -0.4 is 10.4 Å². The van der Waals surface area contributed by atoms with Gasteiger partial charge in [-0.3, -0.25) is 9.36 Å². The van der Waals surface area contributed by atoms with Gasteiger partial charge in [-0.15, -0.1) is 4.73 Å². The Hall–Kier alpha value is -1.92. The normalized spacial score (nSPS) is 10.4. The molecular weight excluding hydrogens is 264 g/mol. The van der Waals surface area contributed by atoms with Crippen molar-refractivity contribution < 1.29 is 9.94 Å². The molecule has 19 heavy (non-hydrogen) atoms. The standard InChI is InChI=1S/C13H14N2O3S/c1-10-9-14(11-5-3-2-4-6-11)13(19)15(12(10)17)18-8-7-16/h2-6,9,16H,7-8H2,1H3. The summed E-state index contributed by atoms with van der Waals surface area (Å²) in [6, 6.07) is 9.44. The molecule has 0 spiro atoms. The van der Waals surface area contributed by atoms with E-state index in [0.717, 1.165) is 10.4 Å². The van der Waals surface area contributed by atoms with Gasteiger partial charge in [-0.2, -0.15) is 0 Å². The molecule has 6 heteroatoms. The third-order valence-electron chi connectivity index (χ3n) is 2.57. The maximum Gasteiger partial charge on any atom is 0.290 e. The number of rotatable bonds is 4. The first-order chi connectivity index (χ1) is 9.15. The minimum atomic E-state index is -0.314. The van der Waals surface area contributed by atoms with E-state index in [1.807, 2.05) is 30.3 Å². The molecule has 2 aromatic rings. The number of hydrogen-bond acceptors (Lipinski definition) is 4. The number of nitrogens with zero attached hydrogens (tertiary/aromatic N) is 2. The van der Waals surface area contributed by atoms with Crippen LogP contribution in [0.15, 0.2) is 41.3 Å². The van der Waals surface area contributed by atoms with Gasteiger partial charge in [0.2, 0.25) is 4.77 Å². The Balaban J connectivity index is 2.61. The highest BCUT2D eigenvalue weighted by atomic mass is 32.1. The van der Waals surface area contributed by atoms with Gasteiger partial charge < -0.3 is 9.94 Å². The Bertz CT molecular complexity index is 677. The second-order valence-corrected chi connectivity index (χ2v) is 4.32. The van der Waals surface area contributed by atoms with Gasteiger partial charge in [0, 0.05) is 17.4 Å². The average molecular weight is 278 g/mol. The van der Waals surface area contributed by atoms with Gasteiger partial charge in [-0.1, -0.05) is 18.2 Å². The van der Waals surface area contributed by atoms with Gasteiger partial charge in [0.25, 0.3) is 5.56 Å². The van der Waals surface area contributed by atoms with Crippen LogP contribution in [0.5, 0.6) is 0 Å². The number of hydrogen-bond donors (Lipinski definition) is 1.